The highest BCUT2D eigenvalue weighted by molar-refractivity contribution is 8.00. The molecular formula is C19H16F3N3O2S. The van der Waals surface area contributed by atoms with E-state index in [9.17, 15) is 18.0 Å². The van der Waals surface area contributed by atoms with Crippen LogP contribution in [0.2, 0.25) is 0 Å². The van der Waals surface area contributed by atoms with Crippen molar-refractivity contribution in [2.24, 2.45) is 0 Å². The molecule has 0 saturated heterocycles. The summed E-state index contributed by atoms with van der Waals surface area (Å²) in [4.78, 5) is 12.3. The molecule has 0 bridgehead atoms. The Morgan fingerprint density at radius 2 is 1.79 bits per heavy atom. The number of aromatic nitrogens is 2. The number of benzene rings is 2. The Hall–Kier alpha value is -2.81. The van der Waals surface area contributed by atoms with E-state index in [1.165, 1.54) is 12.1 Å². The molecule has 0 radical (unpaired) electrons. The third-order valence-electron chi connectivity index (χ3n) is 3.77. The molecule has 3 aromatic rings. The summed E-state index contributed by atoms with van der Waals surface area (Å²) >= 11 is 1.08. The van der Waals surface area contributed by atoms with Gasteiger partial charge >= 0.3 is 6.18 Å². The van der Waals surface area contributed by atoms with E-state index < -0.39 is 17.0 Å². The van der Waals surface area contributed by atoms with Gasteiger partial charge in [-0.1, -0.05) is 42.1 Å². The second kappa shape index (κ2) is 8.47. The van der Waals surface area contributed by atoms with Gasteiger partial charge in [0.2, 0.25) is 11.8 Å². The Balaban J connectivity index is 1.56. The molecule has 0 saturated carbocycles. The summed E-state index contributed by atoms with van der Waals surface area (Å²) in [6, 6.07) is 13.9. The van der Waals surface area contributed by atoms with E-state index in [2.05, 4.69) is 15.5 Å². The SMILES string of the molecule is C[C@H](Sc1nnc(Cc2ccccc2)o1)C(=O)Nc1ccc(C(F)(F)F)cc1. The quantitative estimate of drug-likeness (QED) is 0.595. The van der Waals surface area contributed by atoms with Crippen LogP contribution in [0, 0.1) is 0 Å². The molecule has 1 N–H and O–H groups in total. The number of carbonyl (C=O) groups is 1. The van der Waals surface area contributed by atoms with Crippen molar-refractivity contribution in [3.05, 3.63) is 71.6 Å². The van der Waals surface area contributed by atoms with Gasteiger partial charge in [0.1, 0.15) is 0 Å². The molecule has 146 valence electrons. The molecular weight excluding hydrogens is 391 g/mol. The highest BCUT2D eigenvalue weighted by Crippen LogP contribution is 2.30. The smallest absolute Gasteiger partial charge is 0.416 e. The minimum absolute atomic E-state index is 0.251. The van der Waals surface area contributed by atoms with E-state index >= 15 is 0 Å². The first kappa shape index (κ1) is 19.9. The number of halogens is 3. The van der Waals surface area contributed by atoms with Gasteiger partial charge in [-0.05, 0) is 36.8 Å². The van der Waals surface area contributed by atoms with Crippen LogP contribution in [0.4, 0.5) is 18.9 Å². The van der Waals surface area contributed by atoms with Gasteiger partial charge in [-0.2, -0.15) is 13.2 Å². The van der Waals surface area contributed by atoms with E-state index in [-0.39, 0.29) is 16.8 Å². The second-order valence-electron chi connectivity index (χ2n) is 5.95. The van der Waals surface area contributed by atoms with Crippen LogP contribution in [-0.2, 0) is 17.4 Å². The third kappa shape index (κ3) is 5.35. The maximum absolute atomic E-state index is 12.6. The molecule has 5 nitrogen and oxygen atoms in total. The number of alkyl halides is 3. The summed E-state index contributed by atoms with van der Waals surface area (Å²) < 4.78 is 43.3. The standard InChI is InChI=1S/C19H16F3N3O2S/c1-12(17(26)23-15-9-7-14(8-10-15)19(20,21)22)28-18-25-24-16(27-18)11-13-5-3-2-4-6-13/h2-10,12H,11H2,1H3,(H,23,26)/t12-/m0/s1. The Kier molecular flexibility index (Phi) is 6.03. The molecule has 1 amide bonds. The van der Waals surface area contributed by atoms with Crippen molar-refractivity contribution in [2.75, 3.05) is 5.32 Å². The normalized spacial score (nSPS) is 12.6. The number of nitrogens with one attached hydrogen (secondary N) is 1. The highest BCUT2D eigenvalue weighted by Gasteiger charge is 2.30. The highest BCUT2D eigenvalue weighted by atomic mass is 32.2. The number of thioether (sulfide) groups is 1. The van der Waals surface area contributed by atoms with Gasteiger partial charge in [0.25, 0.3) is 5.22 Å². The van der Waals surface area contributed by atoms with Gasteiger partial charge in [0.15, 0.2) is 0 Å². The molecule has 0 unspecified atom stereocenters. The van der Waals surface area contributed by atoms with Crippen LogP contribution in [0.5, 0.6) is 0 Å². The van der Waals surface area contributed by atoms with Crippen LogP contribution in [0.25, 0.3) is 0 Å². The van der Waals surface area contributed by atoms with E-state index in [1.54, 1.807) is 6.92 Å². The molecule has 28 heavy (non-hydrogen) atoms. The Bertz CT molecular complexity index is 928. The lowest BCUT2D eigenvalue weighted by Crippen LogP contribution is -2.22. The van der Waals surface area contributed by atoms with Crippen molar-refractivity contribution < 1.29 is 22.4 Å². The van der Waals surface area contributed by atoms with Crippen LogP contribution < -0.4 is 5.32 Å². The van der Waals surface area contributed by atoms with Crippen molar-refractivity contribution >= 4 is 23.4 Å². The molecule has 2 aromatic carbocycles. The average Bonchev–Trinajstić information content (AvgIpc) is 3.09. The molecule has 1 atom stereocenters. The number of nitrogens with zero attached hydrogens (tertiary/aromatic N) is 2. The Morgan fingerprint density at radius 3 is 2.43 bits per heavy atom. The van der Waals surface area contributed by atoms with Gasteiger partial charge in [0.05, 0.1) is 17.2 Å². The molecule has 3 rings (SSSR count). The summed E-state index contributed by atoms with van der Waals surface area (Å²) in [7, 11) is 0. The van der Waals surface area contributed by atoms with Crippen LogP contribution in [0.15, 0.2) is 64.2 Å². The largest absolute Gasteiger partial charge is 0.416 e. The molecule has 0 spiro atoms. The molecule has 0 aliphatic rings. The van der Waals surface area contributed by atoms with E-state index in [0.717, 1.165) is 29.5 Å². The number of rotatable bonds is 6. The summed E-state index contributed by atoms with van der Waals surface area (Å²) in [6.45, 7) is 1.64. The Labute approximate surface area is 163 Å². The van der Waals surface area contributed by atoms with Gasteiger partial charge in [-0.15, -0.1) is 10.2 Å². The van der Waals surface area contributed by atoms with Gasteiger partial charge < -0.3 is 9.73 Å². The van der Waals surface area contributed by atoms with Crippen LogP contribution >= 0.6 is 11.8 Å². The first-order chi connectivity index (χ1) is 13.3. The number of hydrogen-bond acceptors (Lipinski definition) is 5. The minimum Gasteiger partial charge on any atom is -0.416 e. The summed E-state index contributed by atoms with van der Waals surface area (Å²) in [6.07, 6.45) is -3.93. The maximum atomic E-state index is 12.6. The third-order valence-corrected chi connectivity index (χ3v) is 4.71. The van der Waals surface area contributed by atoms with E-state index in [0.29, 0.717) is 12.3 Å². The number of carbonyl (C=O) groups excluding carboxylic acids is 1. The molecule has 0 fully saturated rings. The number of anilines is 1. The van der Waals surface area contributed by atoms with Gasteiger partial charge in [-0.3, -0.25) is 4.79 Å². The fourth-order valence-electron chi connectivity index (χ4n) is 2.32. The average molecular weight is 407 g/mol. The topological polar surface area (TPSA) is 68.0 Å². The fourth-order valence-corrected chi connectivity index (χ4v) is 3.02. The lowest BCUT2D eigenvalue weighted by molar-refractivity contribution is -0.137. The van der Waals surface area contributed by atoms with E-state index in [1.807, 2.05) is 30.3 Å². The van der Waals surface area contributed by atoms with Crippen molar-refractivity contribution in [3.63, 3.8) is 0 Å². The molecule has 1 heterocycles. The minimum atomic E-state index is -4.42. The predicted molar refractivity (Wildman–Crippen MR) is 98.9 cm³/mol. The van der Waals surface area contributed by atoms with Crippen molar-refractivity contribution in [3.8, 4) is 0 Å². The van der Waals surface area contributed by atoms with Crippen molar-refractivity contribution in [2.45, 2.75) is 30.0 Å². The van der Waals surface area contributed by atoms with Crippen molar-refractivity contribution in [1.82, 2.24) is 10.2 Å². The van der Waals surface area contributed by atoms with Gasteiger partial charge in [0, 0.05) is 5.69 Å². The second-order valence-corrected chi connectivity index (χ2v) is 7.24. The first-order valence-corrected chi connectivity index (χ1v) is 9.20. The zero-order valence-corrected chi connectivity index (χ0v) is 15.6. The number of hydrogen-bond donors (Lipinski definition) is 1. The first-order valence-electron chi connectivity index (χ1n) is 8.32. The fraction of sp³-hybridized carbons (Fsp3) is 0.211. The van der Waals surface area contributed by atoms with E-state index in [4.69, 9.17) is 4.42 Å². The van der Waals surface area contributed by atoms with Gasteiger partial charge in [-0.25, -0.2) is 0 Å². The van der Waals surface area contributed by atoms with Crippen LogP contribution in [0.1, 0.15) is 23.9 Å². The Morgan fingerprint density at radius 1 is 1.11 bits per heavy atom. The zero-order valence-electron chi connectivity index (χ0n) is 14.7. The maximum Gasteiger partial charge on any atom is 0.416 e. The molecule has 1 aromatic heterocycles. The predicted octanol–water partition coefficient (Wildman–Crippen LogP) is 4.80. The summed E-state index contributed by atoms with van der Waals surface area (Å²) in [5, 5.41) is 10.1. The molecule has 0 aliphatic carbocycles. The van der Waals surface area contributed by atoms with Crippen LogP contribution in [-0.4, -0.2) is 21.4 Å². The molecule has 9 heteroatoms. The zero-order chi connectivity index (χ0) is 20.1. The lowest BCUT2D eigenvalue weighted by atomic mass is 10.2. The summed E-state index contributed by atoms with van der Waals surface area (Å²) in [5.41, 5.74) is 0.529. The monoisotopic (exact) mass is 407 g/mol. The summed E-state index contributed by atoms with van der Waals surface area (Å²) in [5.74, 6) is 0.0524. The van der Waals surface area contributed by atoms with Crippen molar-refractivity contribution in [1.29, 1.82) is 0 Å². The molecule has 0 aliphatic heterocycles. The lowest BCUT2D eigenvalue weighted by Gasteiger charge is -2.11. The number of amides is 1. The van der Waals surface area contributed by atoms with Crippen LogP contribution in [0.3, 0.4) is 0 Å².